The number of ether oxygens (including phenoxy) is 2. The van der Waals surface area contributed by atoms with Gasteiger partial charge < -0.3 is 14.6 Å². The largest absolute Gasteiger partial charge is 0.478 e. The van der Waals surface area contributed by atoms with Crippen molar-refractivity contribution in [2.75, 3.05) is 13.9 Å². The van der Waals surface area contributed by atoms with E-state index in [0.29, 0.717) is 5.75 Å². The number of carbonyl (C=O) groups is 1. The molecular formula is C11H12O4. The first-order valence-electron chi connectivity index (χ1n) is 4.35. The molecule has 4 heteroatoms. The summed E-state index contributed by atoms with van der Waals surface area (Å²) < 4.78 is 9.91. The van der Waals surface area contributed by atoms with Gasteiger partial charge in [0.1, 0.15) is 5.75 Å². The highest BCUT2D eigenvalue weighted by atomic mass is 16.7. The molecule has 0 aliphatic carbocycles. The van der Waals surface area contributed by atoms with Crippen LogP contribution in [0.25, 0.3) is 6.08 Å². The molecule has 0 spiro atoms. The highest BCUT2D eigenvalue weighted by molar-refractivity contribution is 5.85. The summed E-state index contributed by atoms with van der Waals surface area (Å²) in [6.07, 6.45) is 2.60. The monoisotopic (exact) mass is 208 g/mol. The van der Waals surface area contributed by atoms with E-state index in [0.717, 1.165) is 11.6 Å². The zero-order valence-corrected chi connectivity index (χ0v) is 8.34. The molecule has 0 amide bonds. The molecule has 15 heavy (non-hydrogen) atoms. The lowest BCUT2D eigenvalue weighted by molar-refractivity contribution is -0.131. The average Bonchev–Trinajstić information content (AvgIpc) is 2.25. The topological polar surface area (TPSA) is 55.8 Å². The molecule has 1 rings (SSSR count). The zero-order chi connectivity index (χ0) is 11.1. The summed E-state index contributed by atoms with van der Waals surface area (Å²) in [4.78, 5) is 10.3. The van der Waals surface area contributed by atoms with Crippen molar-refractivity contribution >= 4 is 12.0 Å². The minimum atomic E-state index is -0.963. The van der Waals surface area contributed by atoms with E-state index in [1.54, 1.807) is 31.4 Å². The third-order valence-corrected chi connectivity index (χ3v) is 1.64. The molecule has 0 fully saturated rings. The number of benzene rings is 1. The predicted octanol–water partition coefficient (Wildman–Crippen LogP) is 1.77. The van der Waals surface area contributed by atoms with E-state index >= 15 is 0 Å². The summed E-state index contributed by atoms with van der Waals surface area (Å²) in [5.41, 5.74) is 0.808. The van der Waals surface area contributed by atoms with Gasteiger partial charge in [0.15, 0.2) is 6.79 Å². The molecule has 0 saturated carbocycles. The van der Waals surface area contributed by atoms with E-state index in [2.05, 4.69) is 0 Å². The minimum absolute atomic E-state index is 0.199. The Hall–Kier alpha value is -1.81. The number of aliphatic carboxylic acids is 1. The van der Waals surface area contributed by atoms with Crippen LogP contribution in [0.1, 0.15) is 5.56 Å². The van der Waals surface area contributed by atoms with Gasteiger partial charge in [-0.3, -0.25) is 0 Å². The van der Waals surface area contributed by atoms with Crippen LogP contribution in [0.4, 0.5) is 0 Å². The smallest absolute Gasteiger partial charge is 0.328 e. The van der Waals surface area contributed by atoms with Gasteiger partial charge in [0.2, 0.25) is 0 Å². The van der Waals surface area contributed by atoms with Crippen LogP contribution in [0.15, 0.2) is 30.3 Å². The molecule has 4 nitrogen and oxygen atoms in total. The van der Waals surface area contributed by atoms with E-state index in [-0.39, 0.29) is 6.79 Å². The van der Waals surface area contributed by atoms with Crippen LogP contribution < -0.4 is 4.74 Å². The molecule has 0 saturated heterocycles. The van der Waals surface area contributed by atoms with Crippen molar-refractivity contribution in [3.63, 3.8) is 0 Å². The van der Waals surface area contributed by atoms with Crippen LogP contribution in [0, 0.1) is 0 Å². The Morgan fingerprint density at radius 3 is 2.60 bits per heavy atom. The molecule has 80 valence electrons. The van der Waals surface area contributed by atoms with Gasteiger partial charge in [-0.15, -0.1) is 0 Å². The van der Waals surface area contributed by atoms with E-state index in [1.165, 1.54) is 6.08 Å². The van der Waals surface area contributed by atoms with Gasteiger partial charge in [-0.2, -0.15) is 0 Å². The number of hydrogen-bond acceptors (Lipinski definition) is 3. The van der Waals surface area contributed by atoms with Gasteiger partial charge in [-0.1, -0.05) is 12.1 Å². The van der Waals surface area contributed by atoms with Crippen LogP contribution in [0.2, 0.25) is 0 Å². The Bertz CT molecular complexity index is 340. The van der Waals surface area contributed by atoms with Crippen molar-refractivity contribution in [3.8, 4) is 5.75 Å². The molecule has 0 atom stereocenters. The van der Waals surface area contributed by atoms with E-state index < -0.39 is 5.97 Å². The van der Waals surface area contributed by atoms with E-state index in [9.17, 15) is 4.79 Å². The Morgan fingerprint density at radius 2 is 2.07 bits per heavy atom. The molecular weight excluding hydrogens is 196 g/mol. The summed E-state index contributed by atoms with van der Waals surface area (Å²) in [7, 11) is 1.55. The lowest BCUT2D eigenvalue weighted by Gasteiger charge is -2.03. The van der Waals surface area contributed by atoms with Gasteiger partial charge in [-0.25, -0.2) is 4.79 Å². The molecule has 0 heterocycles. The lowest BCUT2D eigenvalue weighted by Crippen LogP contribution is -1.98. The fourth-order valence-corrected chi connectivity index (χ4v) is 0.970. The second kappa shape index (κ2) is 5.82. The number of carboxylic acids is 1. The van der Waals surface area contributed by atoms with Crippen molar-refractivity contribution in [1.82, 2.24) is 0 Å². The molecule has 0 radical (unpaired) electrons. The summed E-state index contributed by atoms with van der Waals surface area (Å²) in [6.45, 7) is 0.199. The van der Waals surface area contributed by atoms with E-state index in [1.807, 2.05) is 0 Å². The molecule has 0 unspecified atom stereocenters. The average molecular weight is 208 g/mol. The summed E-state index contributed by atoms with van der Waals surface area (Å²) >= 11 is 0. The number of carboxylic acid groups (broad SMARTS) is 1. The fraction of sp³-hybridized carbons (Fsp3) is 0.182. The Kier molecular flexibility index (Phi) is 4.37. The lowest BCUT2D eigenvalue weighted by atomic mass is 10.2. The first kappa shape index (κ1) is 11.3. The molecule has 0 aromatic heterocycles. The second-order valence-corrected chi connectivity index (χ2v) is 2.79. The molecule has 1 aromatic rings. The van der Waals surface area contributed by atoms with Gasteiger partial charge >= 0.3 is 5.97 Å². The van der Waals surface area contributed by atoms with Crippen molar-refractivity contribution in [2.45, 2.75) is 0 Å². The van der Waals surface area contributed by atoms with Crippen LogP contribution in [-0.2, 0) is 9.53 Å². The van der Waals surface area contributed by atoms with Gasteiger partial charge in [0.25, 0.3) is 0 Å². The predicted molar refractivity (Wildman–Crippen MR) is 55.6 cm³/mol. The first-order chi connectivity index (χ1) is 7.22. The maximum atomic E-state index is 10.3. The van der Waals surface area contributed by atoms with Crippen LogP contribution >= 0.6 is 0 Å². The number of rotatable bonds is 5. The van der Waals surface area contributed by atoms with Crippen molar-refractivity contribution < 1.29 is 19.4 Å². The minimum Gasteiger partial charge on any atom is -0.478 e. The quantitative estimate of drug-likeness (QED) is 0.591. The molecule has 0 aliphatic heterocycles. The van der Waals surface area contributed by atoms with Gasteiger partial charge in [-0.05, 0) is 23.8 Å². The molecule has 0 bridgehead atoms. The number of methoxy groups -OCH3 is 1. The van der Waals surface area contributed by atoms with Crippen molar-refractivity contribution in [2.24, 2.45) is 0 Å². The maximum absolute atomic E-state index is 10.3. The third kappa shape index (κ3) is 4.28. The Morgan fingerprint density at radius 1 is 1.40 bits per heavy atom. The summed E-state index contributed by atoms with van der Waals surface area (Å²) in [5, 5.41) is 8.42. The van der Waals surface area contributed by atoms with E-state index in [4.69, 9.17) is 14.6 Å². The zero-order valence-electron chi connectivity index (χ0n) is 8.34. The molecule has 0 aliphatic rings. The van der Waals surface area contributed by atoms with Crippen molar-refractivity contribution in [1.29, 1.82) is 0 Å². The third-order valence-electron chi connectivity index (χ3n) is 1.64. The normalized spacial score (nSPS) is 10.5. The summed E-state index contributed by atoms with van der Waals surface area (Å²) in [5.74, 6) is -0.279. The standard InChI is InChI=1S/C11H12O4/c1-14-8-15-10-5-2-9(3-6-10)4-7-11(12)13/h2-7H,8H2,1H3,(H,12,13)/b7-4+. The van der Waals surface area contributed by atoms with Gasteiger partial charge in [0, 0.05) is 13.2 Å². The first-order valence-corrected chi connectivity index (χ1v) is 4.35. The Balaban J connectivity index is 2.60. The van der Waals surface area contributed by atoms with Crippen molar-refractivity contribution in [3.05, 3.63) is 35.9 Å². The highest BCUT2D eigenvalue weighted by Gasteiger charge is 1.93. The SMILES string of the molecule is COCOc1ccc(/C=C/C(=O)O)cc1. The van der Waals surface area contributed by atoms with Crippen LogP contribution in [0.5, 0.6) is 5.75 Å². The second-order valence-electron chi connectivity index (χ2n) is 2.79. The highest BCUT2D eigenvalue weighted by Crippen LogP contribution is 2.12. The number of hydrogen-bond donors (Lipinski definition) is 1. The van der Waals surface area contributed by atoms with Gasteiger partial charge in [0.05, 0.1) is 0 Å². The molecule has 1 aromatic carbocycles. The maximum Gasteiger partial charge on any atom is 0.328 e. The molecule has 1 N–H and O–H groups in total. The summed E-state index contributed by atoms with van der Waals surface area (Å²) in [6, 6.07) is 7.04. The van der Waals surface area contributed by atoms with Crippen LogP contribution in [-0.4, -0.2) is 25.0 Å². The Labute approximate surface area is 87.7 Å². The van der Waals surface area contributed by atoms with Crippen LogP contribution in [0.3, 0.4) is 0 Å². The fourth-order valence-electron chi connectivity index (χ4n) is 0.970.